The molecule has 0 aliphatic rings. The Kier molecular flexibility index (Phi) is 9.55. The molecule has 0 heterocycles. The molecule has 3 rings (SSSR count). The quantitative estimate of drug-likeness (QED) is 0.257. The molecule has 0 saturated heterocycles. The van der Waals surface area contributed by atoms with E-state index in [9.17, 15) is 9.59 Å². The van der Waals surface area contributed by atoms with Crippen LogP contribution in [-0.4, -0.2) is 24.1 Å². The van der Waals surface area contributed by atoms with Crippen LogP contribution in [0.3, 0.4) is 0 Å². The Hall–Kier alpha value is -3.06. The van der Waals surface area contributed by atoms with Gasteiger partial charge in [-0.3, -0.25) is 9.59 Å². The molecule has 2 N–H and O–H groups in total. The van der Waals surface area contributed by atoms with Gasteiger partial charge in [-0.1, -0.05) is 72.9 Å². The van der Waals surface area contributed by atoms with Gasteiger partial charge in [0.15, 0.2) is 0 Å². The zero-order valence-corrected chi connectivity index (χ0v) is 21.4. The number of rotatable bonds is 9. The van der Waals surface area contributed by atoms with E-state index in [4.69, 9.17) is 39.5 Å². The lowest BCUT2D eigenvalue weighted by molar-refractivity contribution is -0.123. The number of nitrogens with one attached hydrogen (secondary N) is 2. The van der Waals surface area contributed by atoms with Crippen LogP contribution in [-0.2, 0) is 11.4 Å². The minimum Gasteiger partial charge on any atom is -0.488 e. The van der Waals surface area contributed by atoms with Crippen LogP contribution in [0.5, 0.6) is 5.75 Å². The van der Waals surface area contributed by atoms with Crippen LogP contribution < -0.4 is 15.5 Å². The molecule has 0 spiro atoms. The SMILES string of the molecule is CC(C)C(NC(=O)c1ccccc1Cl)C(=O)N/N=C/c1cc(Cl)ccc1OCc1cccc(Cl)c1. The second-order valence-electron chi connectivity index (χ2n) is 8.01. The van der Waals surface area contributed by atoms with Crippen molar-refractivity contribution >= 4 is 52.8 Å². The summed E-state index contributed by atoms with van der Waals surface area (Å²) >= 11 is 18.3. The van der Waals surface area contributed by atoms with E-state index in [1.54, 1.807) is 48.5 Å². The molecule has 0 bridgehead atoms. The summed E-state index contributed by atoms with van der Waals surface area (Å²) in [4.78, 5) is 25.4. The molecule has 0 radical (unpaired) electrons. The number of carbonyl (C=O) groups excluding carboxylic acids is 2. The third-order valence-corrected chi connectivity index (χ3v) is 5.79. The van der Waals surface area contributed by atoms with Gasteiger partial charge in [0.25, 0.3) is 11.8 Å². The van der Waals surface area contributed by atoms with Gasteiger partial charge in [0, 0.05) is 15.6 Å². The second-order valence-corrected chi connectivity index (χ2v) is 9.29. The summed E-state index contributed by atoms with van der Waals surface area (Å²) in [5.74, 6) is -0.584. The fourth-order valence-corrected chi connectivity index (χ4v) is 3.79. The Balaban J connectivity index is 1.67. The first-order chi connectivity index (χ1) is 16.7. The molecule has 0 fully saturated rings. The lowest BCUT2D eigenvalue weighted by atomic mass is 10.0. The fourth-order valence-electron chi connectivity index (χ4n) is 3.17. The van der Waals surface area contributed by atoms with Crippen LogP contribution in [0.15, 0.2) is 71.8 Å². The highest BCUT2D eigenvalue weighted by atomic mass is 35.5. The van der Waals surface area contributed by atoms with Crippen molar-refractivity contribution in [3.8, 4) is 5.75 Å². The van der Waals surface area contributed by atoms with Gasteiger partial charge < -0.3 is 10.1 Å². The molecule has 0 saturated carbocycles. The first-order valence-electron chi connectivity index (χ1n) is 10.8. The standard InChI is InChI=1S/C26H24Cl3N3O3/c1-16(2)24(31-25(33)21-8-3-4-9-22(21)29)26(34)32-30-14-18-13-20(28)10-11-23(18)35-15-17-6-5-7-19(27)12-17/h3-14,16,24H,15H2,1-2H3,(H,31,33)(H,32,34)/b30-14+. The second kappa shape index (κ2) is 12.6. The molecule has 0 aliphatic carbocycles. The molecule has 1 unspecified atom stereocenters. The third-order valence-electron chi connectivity index (χ3n) is 4.99. The van der Waals surface area contributed by atoms with Crippen LogP contribution in [0, 0.1) is 5.92 Å². The van der Waals surface area contributed by atoms with E-state index in [0.29, 0.717) is 33.0 Å². The number of hydrazone groups is 1. The van der Waals surface area contributed by atoms with E-state index in [2.05, 4.69) is 15.8 Å². The van der Waals surface area contributed by atoms with Crippen molar-refractivity contribution in [2.24, 2.45) is 11.0 Å². The van der Waals surface area contributed by atoms with E-state index in [-0.39, 0.29) is 11.5 Å². The molecule has 0 aliphatic heterocycles. The Morgan fingerprint density at radius 3 is 2.43 bits per heavy atom. The van der Waals surface area contributed by atoms with Crippen LogP contribution in [0.4, 0.5) is 0 Å². The minimum atomic E-state index is -0.825. The van der Waals surface area contributed by atoms with Crippen molar-refractivity contribution < 1.29 is 14.3 Å². The number of benzene rings is 3. The van der Waals surface area contributed by atoms with Crippen LogP contribution in [0.2, 0.25) is 15.1 Å². The van der Waals surface area contributed by atoms with Crippen LogP contribution in [0.25, 0.3) is 0 Å². The summed E-state index contributed by atoms with van der Waals surface area (Å²) < 4.78 is 5.90. The maximum absolute atomic E-state index is 12.8. The van der Waals surface area contributed by atoms with Gasteiger partial charge in [-0.2, -0.15) is 5.10 Å². The van der Waals surface area contributed by atoms with E-state index >= 15 is 0 Å². The first kappa shape index (κ1) is 26.5. The monoisotopic (exact) mass is 531 g/mol. The molecule has 1 atom stereocenters. The normalized spacial score (nSPS) is 11.9. The highest BCUT2D eigenvalue weighted by molar-refractivity contribution is 6.34. The number of hydrogen-bond acceptors (Lipinski definition) is 4. The van der Waals surface area contributed by atoms with Gasteiger partial charge in [-0.05, 0) is 53.9 Å². The van der Waals surface area contributed by atoms with E-state index in [1.807, 2.05) is 32.0 Å². The Labute approximate surface area is 219 Å². The molecular formula is C26H24Cl3N3O3. The van der Waals surface area contributed by atoms with Gasteiger partial charge in [0.05, 0.1) is 16.8 Å². The summed E-state index contributed by atoms with van der Waals surface area (Å²) in [5, 5.41) is 8.18. The maximum Gasteiger partial charge on any atom is 0.262 e. The van der Waals surface area contributed by atoms with E-state index in [0.717, 1.165) is 5.56 Å². The van der Waals surface area contributed by atoms with E-state index < -0.39 is 17.9 Å². The molecule has 6 nitrogen and oxygen atoms in total. The van der Waals surface area contributed by atoms with Crippen LogP contribution in [0.1, 0.15) is 35.3 Å². The molecule has 9 heteroatoms. The van der Waals surface area contributed by atoms with Gasteiger partial charge in [-0.15, -0.1) is 0 Å². The van der Waals surface area contributed by atoms with Gasteiger partial charge >= 0.3 is 0 Å². The Morgan fingerprint density at radius 2 is 1.71 bits per heavy atom. The van der Waals surface area contributed by atoms with Crippen LogP contribution >= 0.6 is 34.8 Å². The number of hydrogen-bond donors (Lipinski definition) is 2. The summed E-state index contributed by atoms with van der Waals surface area (Å²) in [7, 11) is 0. The average molecular weight is 533 g/mol. The molecule has 3 aromatic rings. The zero-order valence-electron chi connectivity index (χ0n) is 19.1. The number of carbonyl (C=O) groups is 2. The summed E-state index contributed by atoms with van der Waals surface area (Å²) in [6.45, 7) is 3.93. The lowest BCUT2D eigenvalue weighted by Gasteiger charge is -2.20. The number of nitrogens with zero attached hydrogens (tertiary/aromatic N) is 1. The van der Waals surface area contributed by atoms with Gasteiger partial charge in [0.2, 0.25) is 0 Å². The first-order valence-corrected chi connectivity index (χ1v) is 11.9. The predicted octanol–water partition coefficient (Wildman–Crippen LogP) is 6.13. The maximum atomic E-state index is 12.8. The molecule has 0 aromatic heterocycles. The minimum absolute atomic E-state index is 0.195. The molecule has 3 aromatic carbocycles. The largest absolute Gasteiger partial charge is 0.488 e. The highest BCUT2D eigenvalue weighted by Crippen LogP contribution is 2.23. The van der Waals surface area contributed by atoms with Gasteiger partial charge in [0.1, 0.15) is 18.4 Å². The summed E-state index contributed by atoms with van der Waals surface area (Å²) in [6.07, 6.45) is 1.43. The molecular weight excluding hydrogens is 509 g/mol. The van der Waals surface area contributed by atoms with Crippen molar-refractivity contribution in [1.29, 1.82) is 0 Å². The summed E-state index contributed by atoms with van der Waals surface area (Å²) in [6, 6.07) is 18.2. The lowest BCUT2D eigenvalue weighted by Crippen LogP contribution is -2.48. The third kappa shape index (κ3) is 7.72. The topological polar surface area (TPSA) is 79.8 Å². The van der Waals surface area contributed by atoms with E-state index in [1.165, 1.54) is 6.21 Å². The van der Waals surface area contributed by atoms with Crippen molar-refractivity contribution in [2.45, 2.75) is 26.5 Å². The number of amides is 2. The number of ether oxygens (including phenoxy) is 1. The molecule has 35 heavy (non-hydrogen) atoms. The van der Waals surface area contributed by atoms with Crippen molar-refractivity contribution in [3.63, 3.8) is 0 Å². The van der Waals surface area contributed by atoms with Crippen molar-refractivity contribution in [2.75, 3.05) is 0 Å². The van der Waals surface area contributed by atoms with Crippen molar-refractivity contribution in [1.82, 2.24) is 10.7 Å². The average Bonchev–Trinajstić information content (AvgIpc) is 2.82. The smallest absolute Gasteiger partial charge is 0.262 e. The zero-order chi connectivity index (χ0) is 25.4. The summed E-state index contributed by atoms with van der Waals surface area (Å²) in [5.41, 5.74) is 4.24. The van der Waals surface area contributed by atoms with Crippen molar-refractivity contribution in [3.05, 3.63) is 98.5 Å². The predicted molar refractivity (Wildman–Crippen MR) is 141 cm³/mol. The Bertz CT molecular complexity index is 1230. The molecule has 182 valence electrons. The molecule has 2 amide bonds. The number of halogens is 3. The highest BCUT2D eigenvalue weighted by Gasteiger charge is 2.25. The van der Waals surface area contributed by atoms with Gasteiger partial charge in [-0.25, -0.2) is 5.43 Å². The Morgan fingerprint density at radius 1 is 0.971 bits per heavy atom. The fraction of sp³-hybridized carbons (Fsp3) is 0.192.